The molecule has 1 aliphatic carbocycles. The number of benzene rings is 1. The largest absolute Gasteiger partial charge is 0.324 e. The molecule has 0 spiro atoms. The van der Waals surface area contributed by atoms with Crippen LogP contribution in [0.25, 0.3) is 0 Å². The lowest BCUT2D eigenvalue weighted by molar-refractivity contribution is -0.0484. The molecule has 0 heterocycles. The van der Waals surface area contributed by atoms with E-state index in [1.807, 2.05) is 0 Å². The van der Waals surface area contributed by atoms with Gasteiger partial charge in [-0.05, 0) is 31.2 Å². The van der Waals surface area contributed by atoms with Gasteiger partial charge in [0.25, 0.3) is 0 Å². The molecule has 0 bridgehead atoms. The van der Waals surface area contributed by atoms with Crippen LogP contribution in [0.4, 0.5) is 17.6 Å². The van der Waals surface area contributed by atoms with E-state index < -0.39 is 23.6 Å². The first kappa shape index (κ1) is 14.3. The van der Waals surface area contributed by atoms with Gasteiger partial charge in [-0.2, -0.15) is 0 Å². The van der Waals surface area contributed by atoms with E-state index in [9.17, 15) is 17.6 Å². The maximum atomic E-state index is 13.8. The van der Waals surface area contributed by atoms with Crippen molar-refractivity contribution in [3.8, 4) is 0 Å². The van der Waals surface area contributed by atoms with Gasteiger partial charge < -0.3 is 5.73 Å². The van der Waals surface area contributed by atoms with Crippen LogP contribution < -0.4 is 5.73 Å². The average molecular weight is 275 g/mol. The zero-order valence-corrected chi connectivity index (χ0v) is 10.7. The molecule has 1 aliphatic rings. The molecule has 0 radical (unpaired) electrons. The van der Waals surface area contributed by atoms with Crippen molar-refractivity contribution >= 4 is 0 Å². The summed E-state index contributed by atoms with van der Waals surface area (Å²) in [6, 6.07) is 2.18. The molecule has 2 N–H and O–H groups in total. The van der Waals surface area contributed by atoms with Gasteiger partial charge in [-0.25, -0.2) is 17.6 Å². The summed E-state index contributed by atoms with van der Waals surface area (Å²) in [5, 5.41) is 0. The lowest BCUT2D eigenvalue weighted by Gasteiger charge is -2.32. The number of alkyl halides is 2. The smallest absolute Gasteiger partial charge is 0.248 e. The van der Waals surface area contributed by atoms with Crippen molar-refractivity contribution in [1.29, 1.82) is 0 Å². The van der Waals surface area contributed by atoms with Crippen LogP contribution in [0.1, 0.15) is 42.9 Å². The number of hydrogen-bond donors (Lipinski definition) is 1. The monoisotopic (exact) mass is 275 g/mol. The molecule has 1 aromatic rings. The summed E-state index contributed by atoms with van der Waals surface area (Å²) < 4.78 is 53.4. The van der Waals surface area contributed by atoms with Gasteiger partial charge in [0, 0.05) is 24.4 Å². The van der Waals surface area contributed by atoms with Crippen LogP contribution in [0.15, 0.2) is 12.1 Å². The van der Waals surface area contributed by atoms with Gasteiger partial charge in [-0.15, -0.1) is 0 Å². The van der Waals surface area contributed by atoms with Crippen molar-refractivity contribution in [1.82, 2.24) is 0 Å². The van der Waals surface area contributed by atoms with Crippen molar-refractivity contribution in [3.63, 3.8) is 0 Å². The summed E-state index contributed by atoms with van der Waals surface area (Å²) in [5.41, 5.74) is 6.22. The Morgan fingerprint density at radius 2 is 1.74 bits per heavy atom. The molecule has 0 aromatic heterocycles. The molecule has 1 aromatic carbocycles. The lowest BCUT2D eigenvalue weighted by Crippen LogP contribution is -2.31. The van der Waals surface area contributed by atoms with Gasteiger partial charge in [0.15, 0.2) is 11.6 Å². The maximum Gasteiger partial charge on any atom is 0.248 e. The fourth-order valence-electron chi connectivity index (χ4n) is 2.59. The maximum absolute atomic E-state index is 13.8. The third-order valence-electron chi connectivity index (χ3n) is 3.93. The Labute approximate surface area is 109 Å². The summed E-state index contributed by atoms with van der Waals surface area (Å²) in [4.78, 5) is 0. The second kappa shape index (κ2) is 5.12. The Hall–Kier alpha value is -1.10. The van der Waals surface area contributed by atoms with Gasteiger partial charge in [0.05, 0.1) is 0 Å². The van der Waals surface area contributed by atoms with E-state index in [0.29, 0.717) is 0 Å². The van der Waals surface area contributed by atoms with Crippen molar-refractivity contribution in [3.05, 3.63) is 34.9 Å². The predicted octanol–water partition coefficient (Wildman–Crippen LogP) is 4.10. The lowest BCUT2D eigenvalue weighted by atomic mass is 9.80. The van der Waals surface area contributed by atoms with Crippen molar-refractivity contribution in [2.75, 3.05) is 0 Å². The van der Waals surface area contributed by atoms with E-state index in [1.54, 1.807) is 0 Å². The van der Waals surface area contributed by atoms with Gasteiger partial charge in [0.1, 0.15) is 0 Å². The third kappa shape index (κ3) is 2.91. The molecule has 2 rings (SSSR count). The fourth-order valence-corrected chi connectivity index (χ4v) is 2.59. The minimum atomic E-state index is -2.65. The molecule has 1 unspecified atom stereocenters. The molecule has 1 saturated carbocycles. The van der Waals surface area contributed by atoms with Crippen molar-refractivity contribution < 1.29 is 17.6 Å². The molecule has 0 amide bonds. The van der Waals surface area contributed by atoms with Crippen LogP contribution in [0.2, 0.25) is 0 Å². The zero-order valence-electron chi connectivity index (χ0n) is 10.7. The molecular formula is C14H17F4N. The predicted molar refractivity (Wildman–Crippen MR) is 64.9 cm³/mol. The van der Waals surface area contributed by atoms with E-state index in [4.69, 9.17) is 5.73 Å². The van der Waals surface area contributed by atoms with Gasteiger partial charge in [-0.3, -0.25) is 0 Å². The number of nitrogens with two attached hydrogens (primary N) is 1. The quantitative estimate of drug-likeness (QED) is 0.808. The first-order valence-corrected chi connectivity index (χ1v) is 6.40. The second-order valence-electron chi connectivity index (χ2n) is 5.32. The van der Waals surface area contributed by atoms with Crippen LogP contribution in [-0.4, -0.2) is 5.92 Å². The zero-order chi connectivity index (χ0) is 14.2. The highest BCUT2D eigenvalue weighted by atomic mass is 19.3. The highest BCUT2D eigenvalue weighted by Gasteiger charge is 2.37. The Morgan fingerprint density at radius 1 is 1.16 bits per heavy atom. The summed E-state index contributed by atoms with van der Waals surface area (Å²) in [5.74, 6) is -4.73. The molecule has 1 nitrogen and oxygen atoms in total. The minimum absolute atomic E-state index is 0.0818. The molecular weight excluding hydrogens is 258 g/mol. The Balaban J connectivity index is 2.17. The fraction of sp³-hybridized carbons (Fsp3) is 0.571. The number of hydrogen-bond acceptors (Lipinski definition) is 1. The van der Waals surface area contributed by atoms with Gasteiger partial charge >= 0.3 is 0 Å². The number of rotatable bonds is 2. The molecule has 19 heavy (non-hydrogen) atoms. The number of halogens is 4. The molecule has 0 saturated heterocycles. The Kier molecular flexibility index (Phi) is 3.85. The van der Waals surface area contributed by atoms with E-state index in [2.05, 4.69) is 0 Å². The molecule has 1 atom stereocenters. The minimum Gasteiger partial charge on any atom is -0.324 e. The topological polar surface area (TPSA) is 26.0 Å². The van der Waals surface area contributed by atoms with Gasteiger partial charge in [0.2, 0.25) is 5.92 Å². The highest BCUT2D eigenvalue weighted by Crippen LogP contribution is 2.41. The van der Waals surface area contributed by atoms with Crippen LogP contribution in [-0.2, 0) is 0 Å². The normalized spacial score (nSPS) is 21.4. The summed E-state index contributed by atoms with van der Waals surface area (Å²) in [6.07, 6.45) is 0.00879. The van der Waals surface area contributed by atoms with Crippen LogP contribution in [0.3, 0.4) is 0 Å². The molecule has 5 heteroatoms. The third-order valence-corrected chi connectivity index (χ3v) is 3.93. The molecule has 106 valence electrons. The summed E-state index contributed by atoms with van der Waals surface area (Å²) in [7, 11) is 0. The summed E-state index contributed by atoms with van der Waals surface area (Å²) >= 11 is 0. The van der Waals surface area contributed by atoms with Crippen LogP contribution >= 0.6 is 0 Å². The van der Waals surface area contributed by atoms with E-state index in [1.165, 1.54) is 19.1 Å². The Bertz CT molecular complexity index is 463. The van der Waals surface area contributed by atoms with Crippen LogP contribution in [0, 0.1) is 24.5 Å². The average Bonchev–Trinajstić information content (AvgIpc) is 2.35. The van der Waals surface area contributed by atoms with Crippen LogP contribution in [0.5, 0.6) is 0 Å². The second-order valence-corrected chi connectivity index (χ2v) is 5.32. The first-order valence-electron chi connectivity index (χ1n) is 6.40. The first-order chi connectivity index (χ1) is 8.82. The Morgan fingerprint density at radius 3 is 2.32 bits per heavy atom. The SMILES string of the molecule is Cc1ccc(C(N)C2CCC(F)(F)CC2)c(F)c1F. The van der Waals surface area contributed by atoms with Crippen molar-refractivity contribution in [2.45, 2.75) is 44.6 Å². The number of aryl methyl sites for hydroxylation is 1. The molecule has 0 aliphatic heterocycles. The van der Waals surface area contributed by atoms with E-state index in [0.717, 1.165) is 0 Å². The van der Waals surface area contributed by atoms with E-state index >= 15 is 0 Å². The van der Waals surface area contributed by atoms with Gasteiger partial charge in [-0.1, -0.05) is 12.1 Å². The van der Waals surface area contributed by atoms with Crippen molar-refractivity contribution in [2.24, 2.45) is 11.7 Å². The standard InChI is InChI=1S/C14H17F4N/c1-8-2-3-10(12(16)11(8)15)13(19)9-4-6-14(17,18)7-5-9/h2-3,9,13H,4-7,19H2,1H3. The van der Waals surface area contributed by atoms with E-state index in [-0.39, 0.29) is 42.7 Å². The molecule has 1 fully saturated rings. The highest BCUT2D eigenvalue weighted by molar-refractivity contribution is 5.28. The summed E-state index contributed by atoms with van der Waals surface area (Å²) in [6.45, 7) is 1.47.